The van der Waals surface area contributed by atoms with Crippen molar-refractivity contribution in [3.05, 3.63) is 30.3 Å². The van der Waals surface area contributed by atoms with Gasteiger partial charge in [-0.3, -0.25) is 8.98 Å². The maximum atomic E-state index is 12.8. The summed E-state index contributed by atoms with van der Waals surface area (Å²) in [6, 6.07) is 8.70. The Hall–Kier alpha value is -1.77. The number of aliphatic hydroxyl groups excluding tert-OH is 1. The number of nitrogens with zero attached hydrogens (tertiary/aromatic N) is 2. The first-order valence-electron chi connectivity index (χ1n) is 7.22. The van der Waals surface area contributed by atoms with Crippen LogP contribution in [0.5, 0.6) is 0 Å². The first-order valence-corrected chi connectivity index (χ1v) is 8.63. The van der Waals surface area contributed by atoms with Crippen LogP contribution in [0, 0.1) is 5.92 Å². The highest BCUT2D eigenvalue weighted by molar-refractivity contribution is 7.88. The van der Waals surface area contributed by atoms with Gasteiger partial charge in [0.2, 0.25) is 0 Å². The Morgan fingerprint density at radius 2 is 1.96 bits per heavy atom. The molecule has 23 heavy (non-hydrogen) atoms. The first-order chi connectivity index (χ1) is 10.8. The number of hydrogen-bond donors (Lipinski definition) is 1. The monoisotopic (exact) mass is 340 g/mol. The fraction of sp³-hybridized carbons (Fsp3) is 0.467. The summed E-state index contributed by atoms with van der Waals surface area (Å²) in [6.45, 7) is 3.58. The molecule has 0 spiro atoms. The lowest BCUT2D eigenvalue weighted by atomic mass is 9.89. The van der Waals surface area contributed by atoms with Crippen LogP contribution in [-0.4, -0.2) is 43.1 Å². The van der Waals surface area contributed by atoms with Crippen molar-refractivity contribution in [2.24, 2.45) is 11.0 Å². The lowest BCUT2D eigenvalue weighted by Gasteiger charge is -2.31. The summed E-state index contributed by atoms with van der Waals surface area (Å²) < 4.78 is 27.8. The molecule has 0 saturated carbocycles. The standard InChI is InChI=1S/C15H20N2O5S/c1-4-22-23(20,21)15(3,10-18)13-11(2)16-17(14(13)19)12-8-6-5-7-9-12/h5-9,13,18H,4,10H2,1-3H3. The van der Waals surface area contributed by atoms with E-state index in [9.17, 15) is 18.3 Å². The Balaban J connectivity index is 2.44. The van der Waals surface area contributed by atoms with E-state index in [2.05, 4.69) is 5.10 Å². The summed E-state index contributed by atoms with van der Waals surface area (Å²) in [7, 11) is -4.16. The second kappa shape index (κ2) is 6.38. The Morgan fingerprint density at radius 3 is 2.48 bits per heavy atom. The molecule has 0 radical (unpaired) electrons. The molecule has 2 unspecified atom stereocenters. The summed E-state index contributed by atoms with van der Waals surface area (Å²) in [5.41, 5.74) is 0.854. The third kappa shape index (κ3) is 2.89. The zero-order chi connectivity index (χ0) is 17.3. The predicted molar refractivity (Wildman–Crippen MR) is 86.6 cm³/mol. The number of aliphatic hydroxyl groups is 1. The highest BCUT2D eigenvalue weighted by atomic mass is 32.2. The van der Waals surface area contributed by atoms with E-state index in [0.29, 0.717) is 11.4 Å². The molecule has 0 saturated heterocycles. The molecule has 126 valence electrons. The molecule has 2 atom stereocenters. The molecule has 1 amide bonds. The van der Waals surface area contributed by atoms with Crippen LogP contribution in [0.4, 0.5) is 5.69 Å². The summed E-state index contributed by atoms with van der Waals surface area (Å²) in [4.78, 5) is 12.8. The molecule has 0 bridgehead atoms. The minimum absolute atomic E-state index is 0.0720. The number of anilines is 1. The van der Waals surface area contributed by atoms with Crippen LogP contribution in [-0.2, 0) is 19.1 Å². The van der Waals surface area contributed by atoms with Crippen molar-refractivity contribution in [2.45, 2.75) is 25.5 Å². The molecular weight excluding hydrogens is 320 g/mol. The molecule has 1 heterocycles. The molecule has 1 N–H and O–H groups in total. The van der Waals surface area contributed by atoms with Gasteiger partial charge in [0.1, 0.15) is 10.7 Å². The first kappa shape index (κ1) is 17.6. The van der Waals surface area contributed by atoms with E-state index >= 15 is 0 Å². The zero-order valence-electron chi connectivity index (χ0n) is 13.3. The smallest absolute Gasteiger partial charge is 0.276 e. The van der Waals surface area contributed by atoms with E-state index in [-0.39, 0.29) is 6.61 Å². The van der Waals surface area contributed by atoms with Crippen molar-refractivity contribution in [2.75, 3.05) is 18.2 Å². The van der Waals surface area contributed by atoms with E-state index in [0.717, 1.165) is 5.01 Å². The van der Waals surface area contributed by atoms with Crippen molar-refractivity contribution < 1.29 is 22.5 Å². The van der Waals surface area contributed by atoms with Gasteiger partial charge in [0.25, 0.3) is 16.0 Å². The van der Waals surface area contributed by atoms with Crippen molar-refractivity contribution in [3.8, 4) is 0 Å². The molecule has 1 aromatic rings. The van der Waals surface area contributed by atoms with E-state index < -0.39 is 33.3 Å². The van der Waals surface area contributed by atoms with Gasteiger partial charge in [-0.15, -0.1) is 0 Å². The van der Waals surface area contributed by atoms with Crippen LogP contribution in [0.15, 0.2) is 35.4 Å². The van der Waals surface area contributed by atoms with Gasteiger partial charge in [-0.05, 0) is 32.9 Å². The van der Waals surface area contributed by atoms with Gasteiger partial charge in [0.05, 0.1) is 24.6 Å². The second-order valence-electron chi connectivity index (χ2n) is 5.49. The summed E-state index contributed by atoms with van der Waals surface area (Å²) in [6.07, 6.45) is 0. The number of benzene rings is 1. The fourth-order valence-electron chi connectivity index (χ4n) is 2.63. The van der Waals surface area contributed by atoms with Gasteiger partial charge in [-0.25, -0.2) is 5.01 Å². The lowest BCUT2D eigenvalue weighted by Crippen LogP contribution is -2.53. The van der Waals surface area contributed by atoms with Gasteiger partial charge in [-0.1, -0.05) is 18.2 Å². The average Bonchev–Trinajstić information content (AvgIpc) is 2.82. The van der Waals surface area contributed by atoms with Gasteiger partial charge in [-0.2, -0.15) is 13.5 Å². The summed E-state index contributed by atoms with van der Waals surface area (Å²) >= 11 is 0. The maximum Gasteiger partial charge on any atom is 0.276 e. The molecule has 1 aromatic carbocycles. The third-order valence-electron chi connectivity index (χ3n) is 3.90. The summed E-state index contributed by atoms with van der Waals surface area (Å²) in [5.74, 6) is -1.61. The largest absolute Gasteiger partial charge is 0.395 e. The highest BCUT2D eigenvalue weighted by Gasteiger charge is 2.55. The number of hydrazone groups is 1. The van der Waals surface area contributed by atoms with Crippen LogP contribution >= 0.6 is 0 Å². The molecule has 8 heteroatoms. The van der Waals surface area contributed by atoms with Crippen LogP contribution in [0.2, 0.25) is 0 Å². The van der Waals surface area contributed by atoms with Crippen LogP contribution in [0.25, 0.3) is 0 Å². The number of hydrogen-bond acceptors (Lipinski definition) is 6. The van der Waals surface area contributed by atoms with Gasteiger partial charge in [0.15, 0.2) is 0 Å². The van der Waals surface area contributed by atoms with Crippen molar-refractivity contribution in [1.29, 1.82) is 0 Å². The molecule has 0 fully saturated rings. The van der Waals surface area contributed by atoms with Crippen molar-refractivity contribution in [3.63, 3.8) is 0 Å². The Kier molecular flexibility index (Phi) is 4.88. The normalized spacial score (nSPS) is 21.2. The molecule has 2 rings (SSSR count). The number of rotatable bonds is 6. The van der Waals surface area contributed by atoms with Gasteiger partial charge in [0, 0.05) is 0 Å². The van der Waals surface area contributed by atoms with E-state index in [1.165, 1.54) is 13.8 Å². The average molecular weight is 340 g/mol. The fourth-order valence-corrected chi connectivity index (χ4v) is 3.93. The van der Waals surface area contributed by atoms with Crippen molar-refractivity contribution in [1.82, 2.24) is 0 Å². The molecule has 7 nitrogen and oxygen atoms in total. The van der Waals surface area contributed by atoms with E-state index in [1.54, 1.807) is 37.3 Å². The molecule has 1 aliphatic rings. The Bertz CT molecular complexity index is 717. The van der Waals surface area contributed by atoms with Crippen LogP contribution in [0.1, 0.15) is 20.8 Å². The Labute approximate surface area is 135 Å². The minimum Gasteiger partial charge on any atom is -0.395 e. The van der Waals surface area contributed by atoms with E-state index in [1.807, 2.05) is 0 Å². The van der Waals surface area contributed by atoms with Crippen LogP contribution < -0.4 is 5.01 Å². The molecular formula is C15H20N2O5S. The maximum absolute atomic E-state index is 12.8. The van der Waals surface area contributed by atoms with Crippen molar-refractivity contribution >= 4 is 27.4 Å². The highest BCUT2D eigenvalue weighted by Crippen LogP contribution is 2.35. The zero-order valence-corrected chi connectivity index (χ0v) is 14.1. The lowest BCUT2D eigenvalue weighted by molar-refractivity contribution is -0.120. The third-order valence-corrected chi connectivity index (χ3v) is 5.95. The SMILES string of the molecule is CCOS(=O)(=O)C(C)(CO)C1C(=O)N(c2ccccc2)N=C1C. The molecule has 0 aliphatic carbocycles. The number of amides is 1. The molecule has 0 aromatic heterocycles. The second-order valence-corrected chi connectivity index (χ2v) is 7.57. The quantitative estimate of drug-likeness (QED) is 0.784. The van der Waals surface area contributed by atoms with Gasteiger partial charge >= 0.3 is 0 Å². The summed E-state index contributed by atoms with van der Waals surface area (Å²) in [5, 5.41) is 15.1. The van der Waals surface area contributed by atoms with E-state index in [4.69, 9.17) is 4.18 Å². The minimum atomic E-state index is -4.16. The Morgan fingerprint density at radius 1 is 1.35 bits per heavy atom. The topological polar surface area (TPSA) is 96.3 Å². The number of carbonyl (C=O) groups is 1. The van der Waals surface area contributed by atoms with Gasteiger partial charge < -0.3 is 5.11 Å². The molecule has 1 aliphatic heterocycles. The number of para-hydroxylation sites is 1. The predicted octanol–water partition coefficient (Wildman–Crippen LogP) is 1.14. The number of carbonyl (C=O) groups excluding carboxylic acids is 1. The van der Waals surface area contributed by atoms with Crippen LogP contribution in [0.3, 0.4) is 0 Å².